The lowest BCUT2D eigenvalue weighted by Crippen LogP contribution is -2.40. The van der Waals surface area contributed by atoms with Gasteiger partial charge in [0.2, 0.25) is 0 Å². The Morgan fingerprint density at radius 3 is 2.44 bits per heavy atom. The molecule has 1 N–H and O–H groups in total. The van der Waals surface area contributed by atoms with Gasteiger partial charge in [0.1, 0.15) is 17.9 Å². The molecule has 2 aromatic rings. The fraction of sp³-hybridized carbons (Fsp3) is 0.273. The zero-order valence-electron chi connectivity index (χ0n) is 15.9. The Labute approximate surface area is 159 Å². The van der Waals surface area contributed by atoms with Gasteiger partial charge in [-0.1, -0.05) is 43.0 Å². The summed E-state index contributed by atoms with van der Waals surface area (Å²) in [6.45, 7) is 10.1. The number of amides is 3. The number of nitrogens with one attached hydrogen (secondary N) is 1. The minimum absolute atomic E-state index is 0.257. The molecular formula is C22H24N2O3. The molecule has 27 heavy (non-hydrogen) atoms. The number of ether oxygens (including phenoxy) is 1. The van der Waals surface area contributed by atoms with Crippen LogP contribution < -0.4 is 10.1 Å². The molecule has 1 aliphatic heterocycles. The van der Waals surface area contributed by atoms with E-state index in [0.717, 1.165) is 22.3 Å². The Morgan fingerprint density at radius 2 is 1.81 bits per heavy atom. The summed E-state index contributed by atoms with van der Waals surface area (Å²) in [6, 6.07) is 14.6. The van der Waals surface area contributed by atoms with E-state index in [4.69, 9.17) is 4.74 Å². The van der Waals surface area contributed by atoms with Crippen molar-refractivity contribution in [3.8, 4) is 5.75 Å². The lowest BCUT2D eigenvalue weighted by molar-refractivity contribution is -0.131. The number of urea groups is 1. The molecule has 1 aliphatic rings. The summed E-state index contributed by atoms with van der Waals surface area (Å²) in [5.41, 5.74) is 2.55. The average molecular weight is 364 g/mol. The maximum absolute atomic E-state index is 13.1. The quantitative estimate of drug-likeness (QED) is 0.624. The number of hydrogen-bond donors (Lipinski definition) is 1. The van der Waals surface area contributed by atoms with Crippen molar-refractivity contribution < 1.29 is 14.3 Å². The van der Waals surface area contributed by atoms with E-state index in [-0.39, 0.29) is 18.5 Å². The van der Waals surface area contributed by atoms with Crippen LogP contribution >= 0.6 is 0 Å². The van der Waals surface area contributed by atoms with Gasteiger partial charge in [0, 0.05) is 0 Å². The van der Waals surface area contributed by atoms with Gasteiger partial charge in [-0.15, -0.1) is 0 Å². The predicted molar refractivity (Wildman–Crippen MR) is 104 cm³/mol. The Hall–Kier alpha value is -3.08. The highest BCUT2D eigenvalue weighted by atomic mass is 16.5. The minimum Gasteiger partial charge on any atom is -0.489 e. The van der Waals surface area contributed by atoms with E-state index in [1.165, 1.54) is 4.90 Å². The molecule has 0 bridgehead atoms. The highest BCUT2D eigenvalue weighted by molar-refractivity contribution is 6.07. The van der Waals surface area contributed by atoms with Crippen LogP contribution in [-0.4, -0.2) is 23.4 Å². The van der Waals surface area contributed by atoms with E-state index in [1.807, 2.05) is 50.2 Å². The number of rotatable bonds is 6. The van der Waals surface area contributed by atoms with E-state index in [9.17, 15) is 9.59 Å². The standard InChI is InChI=1S/C22H24N2O3/c1-15(2)14-27-19-11-9-18(10-12-19)22(4)20(25)24(21(26)23-22)13-17-8-6-5-7-16(17)3/h5-12H,1,13-14H2,2-4H3,(H,23,26). The number of hydrogen-bond acceptors (Lipinski definition) is 3. The van der Waals surface area contributed by atoms with E-state index < -0.39 is 5.54 Å². The van der Waals surface area contributed by atoms with Crippen LogP contribution in [0.3, 0.4) is 0 Å². The summed E-state index contributed by atoms with van der Waals surface area (Å²) < 4.78 is 5.60. The number of carbonyl (C=O) groups is 2. The normalized spacial score (nSPS) is 19.1. The van der Waals surface area contributed by atoms with E-state index in [0.29, 0.717) is 12.4 Å². The Balaban J connectivity index is 1.80. The van der Waals surface area contributed by atoms with Crippen molar-refractivity contribution in [2.45, 2.75) is 32.9 Å². The Bertz CT molecular complexity index is 889. The van der Waals surface area contributed by atoms with Crippen molar-refractivity contribution >= 4 is 11.9 Å². The van der Waals surface area contributed by atoms with E-state index in [1.54, 1.807) is 19.1 Å². The number of aryl methyl sites for hydroxylation is 1. The highest BCUT2D eigenvalue weighted by Gasteiger charge is 2.48. The van der Waals surface area contributed by atoms with Crippen LogP contribution in [0.4, 0.5) is 4.79 Å². The predicted octanol–water partition coefficient (Wildman–Crippen LogP) is 3.92. The first-order chi connectivity index (χ1) is 12.8. The molecule has 1 fully saturated rings. The smallest absolute Gasteiger partial charge is 0.325 e. The van der Waals surface area contributed by atoms with E-state index in [2.05, 4.69) is 11.9 Å². The molecule has 0 spiro atoms. The van der Waals surface area contributed by atoms with Crippen molar-refractivity contribution in [1.82, 2.24) is 10.2 Å². The molecule has 1 heterocycles. The molecule has 1 atom stereocenters. The van der Waals surface area contributed by atoms with Crippen LogP contribution in [0.15, 0.2) is 60.7 Å². The maximum Gasteiger partial charge on any atom is 0.325 e. The molecule has 3 rings (SSSR count). The third-order valence-electron chi connectivity index (χ3n) is 4.78. The van der Waals surface area contributed by atoms with Crippen molar-refractivity contribution in [2.24, 2.45) is 0 Å². The Morgan fingerprint density at radius 1 is 1.15 bits per heavy atom. The van der Waals surface area contributed by atoms with Crippen molar-refractivity contribution in [2.75, 3.05) is 6.61 Å². The molecule has 1 unspecified atom stereocenters. The van der Waals surface area contributed by atoms with Crippen molar-refractivity contribution in [3.63, 3.8) is 0 Å². The molecule has 1 saturated heterocycles. The molecule has 0 radical (unpaired) electrons. The largest absolute Gasteiger partial charge is 0.489 e. The van der Waals surface area contributed by atoms with Gasteiger partial charge in [-0.2, -0.15) is 0 Å². The molecular weight excluding hydrogens is 340 g/mol. The lowest BCUT2D eigenvalue weighted by atomic mass is 9.92. The third kappa shape index (κ3) is 3.72. The topological polar surface area (TPSA) is 58.6 Å². The van der Waals surface area contributed by atoms with Gasteiger partial charge < -0.3 is 10.1 Å². The van der Waals surface area contributed by atoms with Crippen LogP contribution in [0, 0.1) is 6.92 Å². The Kier molecular flexibility index (Phi) is 5.04. The molecule has 140 valence electrons. The first-order valence-corrected chi connectivity index (χ1v) is 8.87. The van der Waals surface area contributed by atoms with E-state index >= 15 is 0 Å². The van der Waals surface area contributed by atoms with Crippen LogP contribution in [-0.2, 0) is 16.9 Å². The first-order valence-electron chi connectivity index (χ1n) is 8.87. The summed E-state index contributed by atoms with van der Waals surface area (Å²) in [6.07, 6.45) is 0. The summed E-state index contributed by atoms with van der Waals surface area (Å²) >= 11 is 0. The second-order valence-corrected chi connectivity index (χ2v) is 7.14. The zero-order valence-corrected chi connectivity index (χ0v) is 15.9. The summed E-state index contributed by atoms with van der Waals surface area (Å²) in [5, 5.41) is 2.84. The van der Waals surface area contributed by atoms with Gasteiger partial charge in [-0.05, 0) is 55.2 Å². The van der Waals surface area contributed by atoms with Gasteiger partial charge >= 0.3 is 6.03 Å². The van der Waals surface area contributed by atoms with Gasteiger partial charge in [0.25, 0.3) is 5.91 Å². The molecule has 2 aromatic carbocycles. The number of nitrogens with zero attached hydrogens (tertiary/aromatic N) is 1. The highest BCUT2D eigenvalue weighted by Crippen LogP contribution is 2.31. The molecule has 5 nitrogen and oxygen atoms in total. The van der Waals surface area contributed by atoms with Gasteiger partial charge in [0.15, 0.2) is 0 Å². The van der Waals surface area contributed by atoms with Crippen LogP contribution in [0.2, 0.25) is 0 Å². The fourth-order valence-corrected chi connectivity index (χ4v) is 3.09. The fourth-order valence-electron chi connectivity index (χ4n) is 3.09. The van der Waals surface area contributed by atoms with Crippen LogP contribution in [0.1, 0.15) is 30.5 Å². The molecule has 0 aromatic heterocycles. The molecule has 3 amide bonds. The summed E-state index contributed by atoms with van der Waals surface area (Å²) in [4.78, 5) is 26.8. The monoisotopic (exact) mass is 364 g/mol. The second kappa shape index (κ2) is 7.27. The zero-order chi connectivity index (χ0) is 19.6. The third-order valence-corrected chi connectivity index (χ3v) is 4.78. The average Bonchev–Trinajstić information content (AvgIpc) is 2.86. The molecule has 5 heteroatoms. The van der Waals surface area contributed by atoms with Gasteiger partial charge in [0.05, 0.1) is 6.54 Å². The van der Waals surface area contributed by atoms with Crippen molar-refractivity contribution in [1.29, 1.82) is 0 Å². The summed E-state index contributed by atoms with van der Waals surface area (Å²) in [7, 11) is 0. The number of benzene rings is 2. The second-order valence-electron chi connectivity index (χ2n) is 7.14. The number of imide groups is 1. The van der Waals surface area contributed by atoms with Crippen LogP contribution in [0.25, 0.3) is 0 Å². The SMILES string of the molecule is C=C(C)COc1ccc(C2(C)NC(=O)N(Cc3ccccc3C)C2=O)cc1. The molecule has 0 aliphatic carbocycles. The summed E-state index contributed by atoms with van der Waals surface area (Å²) in [5.74, 6) is 0.435. The minimum atomic E-state index is -1.09. The van der Waals surface area contributed by atoms with Crippen LogP contribution in [0.5, 0.6) is 5.75 Å². The molecule has 0 saturated carbocycles. The lowest BCUT2D eigenvalue weighted by Gasteiger charge is -2.23. The van der Waals surface area contributed by atoms with Gasteiger partial charge in [-0.25, -0.2) is 4.79 Å². The first kappa shape index (κ1) is 18.7. The van der Waals surface area contributed by atoms with Gasteiger partial charge in [-0.3, -0.25) is 9.69 Å². The maximum atomic E-state index is 13.1. The van der Waals surface area contributed by atoms with Crippen molar-refractivity contribution in [3.05, 3.63) is 77.4 Å². The number of carbonyl (C=O) groups excluding carboxylic acids is 2.